The molecule has 0 saturated heterocycles. The molecule has 0 bridgehead atoms. The van der Waals surface area contributed by atoms with Gasteiger partial charge in [0.1, 0.15) is 6.61 Å². The number of aliphatic hydroxyl groups excluding tert-OH is 1. The van der Waals surface area contributed by atoms with Crippen LogP contribution in [0, 0.1) is 13.5 Å². The zero-order chi connectivity index (χ0) is 7.56. The van der Waals surface area contributed by atoms with E-state index in [0.717, 1.165) is 12.2 Å². The quantitative estimate of drug-likeness (QED) is 0.661. The van der Waals surface area contributed by atoms with E-state index < -0.39 is 0 Å². The van der Waals surface area contributed by atoms with Crippen molar-refractivity contribution >= 4 is 11.6 Å². The molecule has 0 aromatic heterocycles. The lowest BCUT2D eigenvalue weighted by molar-refractivity contribution is 0.415. The molecule has 53 valence electrons. The van der Waals surface area contributed by atoms with E-state index in [1.165, 1.54) is 0 Å². The number of aliphatic hydroxyl groups is 1. The van der Waals surface area contributed by atoms with E-state index in [4.69, 9.17) is 16.7 Å². The highest BCUT2D eigenvalue weighted by molar-refractivity contribution is 6.32. The van der Waals surface area contributed by atoms with Gasteiger partial charge >= 0.3 is 0 Å². The molecule has 1 aromatic carbocycles. The Morgan fingerprint density at radius 3 is 2.70 bits per heavy atom. The number of hydrogen-bond donors (Lipinski definition) is 1. The molecule has 0 spiro atoms. The second-order valence-corrected chi connectivity index (χ2v) is 2.49. The van der Waals surface area contributed by atoms with E-state index in [-0.39, 0.29) is 0 Å². The SMILES string of the molecule is Cc1cccc([CH]O)c1Cl. The molecule has 0 unspecified atom stereocenters. The number of aryl methyl sites for hydroxylation is 1. The topological polar surface area (TPSA) is 20.2 Å². The predicted molar refractivity (Wildman–Crippen MR) is 41.5 cm³/mol. The summed E-state index contributed by atoms with van der Waals surface area (Å²) in [6.07, 6.45) is 0. The summed E-state index contributed by atoms with van der Waals surface area (Å²) in [7, 11) is 0. The molecule has 1 nitrogen and oxygen atoms in total. The van der Waals surface area contributed by atoms with Crippen LogP contribution in [0.5, 0.6) is 0 Å². The van der Waals surface area contributed by atoms with Crippen LogP contribution in [0.15, 0.2) is 18.2 Å². The second kappa shape index (κ2) is 3.04. The molecule has 0 aliphatic heterocycles. The van der Waals surface area contributed by atoms with Gasteiger partial charge in [-0.25, -0.2) is 0 Å². The number of hydrogen-bond acceptors (Lipinski definition) is 1. The predicted octanol–water partition coefficient (Wildman–Crippen LogP) is 2.53. The van der Waals surface area contributed by atoms with Crippen molar-refractivity contribution in [1.29, 1.82) is 0 Å². The van der Waals surface area contributed by atoms with Gasteiger partial charge in [-0.1, -0.05) is 29.8 Å². The zero-order valence-corrected chi connectivity index (χ0v) is 6.39. The third-order valence-electron chi connectivity index (χ3n) is 1.36. The third-order valence-corrected chi connectivity index (χ3v) is 1.88. The van der Waals surface area contributed by atoms with Gasteiger partial charge in [0, 0.05) is 10.6 Å². The van der Waals surface area contributed by atoms with Crippen LogP contribution in [0.1, 0.15) is 11.1 Å². The Morgan fingerprint density at radius 2 is 2.20 bits per heavy atom. The molecule has 1 aromatic rings. The first-order chi connectivity index (χ1) is 4.75. The van der Waals surface area contributed by atoms with Crippen molar-refractivity contribution in [3.63, 3.8) is 0 Å². The van der Waals surface area contributed by atoms with E-state index >= 15 is 0 Å². The van der Waals surface area contributed by atoms with Crippen LogP contribution in [0.25, 0.3) is 0 Å². The summed E-state index contributed by atoms with van der Waals surface area (Å²) in [5.41, 5.74) is 1.64. The van der Waals surface area contributed by atoms with Crippen LogP contribution in [0.2, 0.25) is 5.02 Å². The third kappa shape index (κ3) is 1.31. The molecule has 0 heterocycles. The van der Waals surface area contributed by atoms with E-state index in [2.05, 4.69) is 0 Å². The fourth-order valence-corrected chi connectivity index (χ4v) is 0.945. The molecule has 0 aliphatic carbocycles. The van der Waals surface area contributed by atoms with Gasteiger partial charge < -0.3 is 5.11 Å². The van der Waals surface area contributed by atoms with Gasteiger partial charge in [0.15, 0.2) is 0 Å². The summed E-state index contributed by atoms with van der Waals surface area (Å²) >= 11 is 5.80. The molecule has 2 heteroatoms. The smallest absolute Gasteiger partial charge is 0.111 e. The van der Waals surface area contributed by atoms with E-state index in [9.17, 15) is 0 Å². The maximum Gasteiger partial charge on any atom is 0.111 e. The van der Waals surface area contributed by atoms with Crippen LogP contribution < -0.4 is 0 Å². The van der Waals surface area contributed by atoms with Crippen molar-refractivity contribution in [3.05, 3.63) is 41.0 Å². The first-order valence-electron chi connectivity index (χ1n) is 2.98. The Labute approximate surface area is 65.3 Å². The van der Waals surface area contributed by atoms with E-state index in [1.54, 1.807) is 6.07 Å². The Kier molecular flexibility index (Phi) is 2.30. The Bertz CT molecular complexity index is 233. The van der Waals surface area contributed by atoms with Crippen molar-refractivity contribution in [2.75, 3.05) is 0 Å². The Hall–Kier alpha value is -0.530. The van der Waals surface area contributed by atoms with Gasteiger partial charge in [0.25, 0.3) is 0 Å². The fraction of sp³-hybridized carbons (Fsp3) is 0.125. The molecule has 1 rings (SSSR count). The van der Waals surface area contributed by atoms with Crippen LogP contribution in [0.4, 0.5) is 0 Å². The van der Waals surface area contributed by atoms with Gasteiger partial charge in [-0.05, 0) is 12.5 Å². The summed E-state index contributed by atoms with van der Waals surface area (Å²) in [5, 5.41) is 9.25. The van der Waals surface area contributed by atoms with Crippen molar-refractivity contribution < 1.29 is 5.11 Å². The van der Waals surface area contributed by atoms with Gasteiger partial charge in [0.05, 0.1) is 0 Å². The zero-order valence-electron chi connectivity index (χ0n) is 5.63. The Morgan fingerprint density at radius 1 is 1.50 bits per heavy atom. The van der Waals surface area contributed by atoms with Crippen LogP contribution >= 0.6 is 11.6 Å². The van der Waals surface area contributed by atoms with Crippen molar-refractivity contribution in [3.8, 4) is 0 Å². The summed E-state index contributed by atoms with van der Waals surface area (Å²) in [6.45, 7) is 2.91. The molecule has 0 atom stereocenters. The normalized spacial score (nSPS) is 9.90. The van der Waals surface area contributed by atoms with Gasteiger partial charge in [-0.3, -0.25) is 0 Å². The summed E-state index contributed by atoms with van der Waals surface area (Å²) < 4.78 is 0. The molecule has 1 radical (unpaired) electrons. The molecule has 0 aliphatic rings. The average molecular weight is 156 g/mol. The highest BCUT2D eigenvalue weighted by atomic mass is 35.5. The number of benzene rings is 1. The van der Waals surface area contributed by atoms with Crippen molar-refractivity contribution in [1.82, 2.24) is 0 Å². The maximum absolute atomic E-state index is 8.63. The molecular weight excluding hydrogens is 148 g/mol. The highest BCUT2D eigenvalue weighted by Crippen LogP contribution is 2.20. The lowest BCUT2D eigenvalue weighted by atomic mass is 10.1. The first-order valence-corrected chi connectivity index (χ1v) is 3.36. The summed E-state index contributed by atoms with van der Waals surface area (Å²) in [6, 6.07) is 5.51. The van der Waals surface area contributed by atoms with E-state index in [0.29, 0.717) is 10.6 Å². The molecular formula is C8H8ClO. The summed E-state index contributed by atoms with van der Waals surface area (Å²) in [5.74, 6) is 0. The van der Waals surface area contributed by atoms with Crippen LogP contribution in [0.3, 0.4) is 0 Å². The first kappa shape index (κ1) is 7.58. The number of rotatable bonds is 1. The minimum Gasteiger partial charge on any atom is -0.385 e. The Balaban J connectivity index is 3.14. The molecule has 0 fully saturated rings. The minimum absolute atomic E-state index is 0.616. The molecule has 0 amide bonds. The monoisotopic (exact) mass is 155 g/mol. The lowest BCUT2D eigenvalue weighted by Gasteiger charge is -2.00. The standard InChI is InChI=1S/C8H8ClO/c1-6-3-2-4-7(5-10)8(6)9/h2-5,10H,1H3. The van der Waals surface area contributed by atoms with Gasteiger partial charge in [-0.2, -0.15) is 0 Å². The van der Waals surface area contributed by atoms with Crippen molar-refractivity contribution in [2.45, 2.75) is 6.92 Å². The van der Waals surface area contributed by atoms with Gasteiger partial charge in [0.2, 0.25) is 0 Å². The molecule has 0 saturated carbocycles. The van der Waals surface area contributed by atoms with Crippen LogP contribution in [-0.4, -0.2) is 5.11 Å². The maximum atomic E-state index is 8.63. The largest absolute Gasteiger partial charge is 0.385 e. The molecule has 1 N–H and O–H groups in total. The van der Waals surface area contributed by atoms with Crippen molar-refractivity contribution in [2.24, 2.45) is 0 Å². The molecule has 10 heavy (non-hydrogen) atoms. The van der Waals surface area contributed by atoms with Gasteiger partial charge in [-0.15, -0.1) is 0 Å². The average Bonchev–Trinajstić information content (AvgIpc) is 1.95. The van der Waals surface area contributed by atoms with Crippen LogP contribution in [-0.2, 0) is 0 Å². The highest BCUT2D eigenvalue weighted by Gasteiger charge is 1.99. The fourth-order valence-electron chi connectivity index (χ4n) is 0.770. The lowest BCUT2D eigenvalue weighted by Crippen LogP contribution is -1.83. The minimum atomic E-state index is 0.616. The second-order valence-electron chi connectivity index (χ2n) is 2.11. The number of halogens is 1. The summed E-state index contributed by atoms with van der Waals surface area (Å²) in [4.78, 5) is 0. The van der Waals surface area contributed by atoms with E-state index in [1.807, 2.05) is 19.1 Å².